The number of nitrogens with two attached hydrogens (primary N) is 1. The highest BCUT2D eigenvalue weighted by atomic mass is 35.5. The van der Waals surface area contributed by atoms with Crippen LogP contribution in [0.3, 0.4) is 0 Å². The van der Waals surface area contributed by atoms with Gasteiger partial charge in [-0.3, -0.25) is 4.79 Å². The Morgan fingerprint density at radius 2 is 2.11 bits per heavy atom. The normalized spacial score (nSPS) is 11.7. The van der Waals surface area contributed by atoms with E-state index in [0.29, 0.717) is 5.69 Å². The van der Waals surface area contributed by atoms with E-state index >= 15 is 0 Å². The molecule has 0 radical (unpaired) electrons. The van der Waals surface area contributed by atoms with Crippen LogP contribution in [0.15, 0.2) is 18.2 Å². The van der Waals surface area contributed by atoms with Crippen molar-refractivity contribution in [1.29, 1.82) is 0 Å². The van der Waals surface area contributed by atoms with E-state index in [1.165, 1.54) is 25.1 Å². The molecular formula is C10H12Cl2F2N2O2. The number of halogens is 4. The average molecular weight is 301 g/mol. The molecule has 1 amide bonds. The molecule has 0 heterocycles. The SMILES string of the molecule is C[C@@H](N)C(=O)Nc1ccc(OC(F)F)c(Cl)c1.Cl. The summed E-state index contributed by atoms with van der Waals surface area (Å²) in [4.78, 5) is 11.3. The number of anilines is 1. The molecule has 18 heavy (non-hydrogen) atoms. The predicted molar refractivity (Wildman–Crippen MR) is 67.6 cm³/mol. The third kappa shape index (κ3) is 5.03. The van der Waals surface area contributed by atoms with E-state index in [2.05, 4.69) is 10.1 Å². The molecule has 0 saturated carbocycles. The van der Waals surface area contributed by atoms with E-state index in [1.807, 2.05) is 0 Å². The standard InChI is InChI=1S/C10H11ClF2N2O2.ClH/c1-5(14)9(16)15-6-2-3-8(7(11)4-6)17-10(12)13;/h2-5,10H,14H2,1H3,(H,15,16);1H/t5-;/m1./s1. The topological polar surface area (TPSA) is 64.4 Å². The molecular weight excluding hydrogens is 289 g/mol. The van der Waals surface area contributed by atoms with Crippen molar-refractivity contribution < 1.29 is 18.3 Å². The lowest BCUT2D eigenvalue weighted by Crippen LogP contribution is -2.32. The van der Waals surface area contributed by atoms with Crippen molar-refractivity contribution in [3.05, 3.63) is 23.2 Å². The molecule has 0 bridgehead atoms. The highest BCUT2D eigenvalue weighted by molar-refractivity contribution is 6.32. The lowest BCUT2D eigenvalue weighted by Gasteiger charge is -2.10. The number of rotatable bonds is 4. The van der Waals surface area contributed by atoms with Crippen LogP contribution in [0.1, 0.15) is 6.92 Å². The fourth-order valence-electron chi connectivity index (χ4n) is 1.03. The van der Waals surface area contributed by atoms with Gasteiger partial charge >= 0.3 is 6.61 Å². The number of ether oxygens (including phenoxy) is 1. The minimum atomic E-state index is -2.95. The van der Waals surface area contributed by atoms with Crippen LogP contribution in [-0.4, -0.2) is 18.6 Å². The maximum atomic E-state index is 11.9. The van der Waals surface area contributed by atoms with Crippen molar-refractivity contribution in [2.24, 2.45) is 5.73 Å². The van der Waals surface area contributed by atoms with Crippen molar-refractivity contribution in [2.75, 3.05) is 5.32 Å². The van der Waals surface area contributed by atoms with Gasteiger partial charge in [-0.1, -0.05) is 11.6 Å². The molecule has 0 unspecified atom stereocenters. The Labute approximate surface area is 114 Å². The van der Waals surface area contributed by atoms with Crippen molar-refractivity contribution >= 4 is 35.6 Å². The summed E-state index contributed by atoms with van der Waals surface area (Å²) < 4.78 is 28.0. The summed E-state index contributed by atoms with van der Waals surface area (Å²) in [5.74, 6) is -0.552. The van der Waals surface area contributed by atoms with Gasteiger partial charge in [-0.25, -0.2) is 0 Å². The van der Waals surface area contributed by atoms with E-state index in [0.717, 1.165) is 0 Å². The molecule has 4 nitrogen and oxygen atoms in total. The van der Waals surface area contributed by atoms with Crippen LogP contribution in [0, 0.1) is 0 Å². The summed E-state index contributed by atoms with van der Waals surface area (Å²) >= 11 is 5.70. The zero-order valence-corrected chi connectivity index (χ0v) is 10.9. The molecule has 0 saturated heterocycles. The lowest BCUT2D eigenvalue weighted by atomic mass is 10.2. The number of carbonyl (C=O) groups excluding carboxylic acids is 1. The Kier molecular flexibility index (Phi) is 6.90. The predicted octanol–water partition coefficient (Wildman–Crippen LogP) is 2.65. The van der Waals surface area contributed by atoms with Crippen LogP contribution in [0.2, 0.25) is 5.02 Å². The number of carbonyl (C=O) groups is 1. The number of hydrogen-bond acceptors (Lipinski definition) is 3. The van der Waals surface area contributed by atoms with Crippen molar-refractivity contribution in [2.45, 2.75) is 19.6 Å². The first-order valence-electron chi connectivity index (χ1n) is 4.71. The van der Waals surface area contributed by atoms with Crippen LogP contribution >= 0.6 is 24.0 Å². The molecule has 0 spiro atoms. The largest absolute Gasteiger partial charge is 0.433 e. The van der Waals surface area contributed by atoms with Crippen LogP contribution < -0.4 is 15.8 Å². The summed E-state index contributed by atoms with van der Waals surface area (Å²) in [6.45, 7) is -1.43. The second-order valence-corrected chi connectivity index (χ2v) is 3.71. The Morgan fingerprint density at radius 3 is 2.56 bits per heavy atom. The zero-order valence-electron chi connectivity index (χ0n) is 9.32. The van der Waals surface area contributed by atoms with E-state index in [-0.39, 0.29) is 23.2 Å². The first-order valence-corrected chi connectivity index (χ1v) is 5.08. The first kappa shape index (κ1) is 16.9. The molecule has 8 heteroatoms. The fourth-order valence-corrected chi connectivity index (χ4v) is 1.25. The number of hydrogen-bond donors (Lipinski definition) is 2. The van der Waals surface area contributed by atoms with Gasteiger partial charge in [0, 0.05) is 5.69 Å². The van der Waals surface area contributed by atoms with Crippen LogP contribution in [0.5, 0.6) is 5.75 Å². The van der Waals surface area contributed by atoms with Gasteiger partial charge in [0.25, 0.3) is 0 Å². The molecule has 0 fully saturated rings. The smallest absolute Gasteiger partial charge is 0.387 e. The van der Waals surface area contributed by atoms with Crippen LogP contribution in [0.25, 0.3) is 0 Å². The zero-order chi connectivity index (χ0) is 13.0. The summed E-state index contributed by atoms with van der Waals surface area (Å²) in [5.41, 5.74) is 5.71. The maximum Gasteiger partial charge on any atom is 0.387 e. The van der Waals surface area contributed by atoms with Gasteiger partial charge in [-0.05, 0) is 25.1 Å². The number of alkyl halides is 2. The van der Waals surface area contributed by atoms with Gasteiger partial charge in [0.1, 0.15) is 5.75 Å². The minimum absolute atomic E-state index is 0. The van der Waals surface area contributed by atoms with Crippen molar-refractivity contribution in [3.8, 4) is 5.75 Å². The molecule has 0 aliphatic heterocycles. The van der Waals surface area contributed by atoms with Gasteiger partial charge in [0.05, 0.1) is 11.1 Å². The summed E-state index contributed by atoms with van der Waals surface area (Å²) in [6, 6.07) is 3.26. The summed E-state index contributed by atoms with van der Waals surface area (Å²) in [7, 11) is 0. The summed E-state index contributed by atoms with van der Waals surface area (Å²) in [6.07, 6.45) is 0. The highest BCUT2D eigenvalue weighted by Crippen LogP contribution is 2.28. The van der Waals surface area contributed by atoms with Gasteiger partial charge in [-0.2, -0.15) is 8.78 Å². The molecule has 1 rings (SSSR count). The Hall–Kier alpha value is -1.11. The second-order valence-electron chi connectivity index (χ2n) is 3.30. The molecule has 1 aromatic carbocycles. The van der Waals surface area contributed by atoms with Crippen molar-refractivity contribution in [1.82, 2.24) is 0 Å². The molecule has 0 aliphatic carbocycles. The van der Waals surface area contributed by atoms with Crippen LogP contribution in [0.4, 0.5) is 14.5 Å². The summed E-state index contributed by atoms with van der Waals surface area (Å²) in [5, 5.41) is 2.45. The molecule has 1 atom stereocenters. The molecule has 0 aromatic heterocycles. The quantitative estimate of drug-likeness (QED) is 0.898. The van der Waals surface area contributed by atoms with E-state index in [9.17, 15) is 13.6 Å². The second kappa shape index (κ2) is 7.35. The third-order valence-electron chi connectivity index (χ3n) is 1.83. The molecule has 3 N–H and O–H groups in total. The van der Waals surface area contributed by atoms with Crippen molar-refractivity contribution in [3.63, 3.8) is 0 Å². The van der Waals surface area contributed by atoms with Gasteiger partial charge < -0.3 is 15.8 Å². The molecule has 0 aliphatic rings. The first-order chi connectivity index (χ1) is 7.90. The third-order valence-corrected chi connectivity index (χ3v) is 2.12. The number of nitrogens with one attached hydrogen (secondary N) is 1. The fraction of sp³-hybridized carbons (Fsp3) is 0.300. The molecule has 102 valence electrons. The Morgan fingerprint density at radius 1 is 1.50 bits per heavy atom. The van der Waals surface area contributed by atoms with E-state index < -0.39 is 18.6 Å². The van der Waals surface area contributed by atoms with Crippen LogP contribution in [-0.2, 0) is 4.79 Å². The highest BCUT2D eigenvalue weighted by Gasteiger charge is 2.11. The average Bonchev–Trinajstić information content (AvgIpc) is 2.21. The lowest BCUT2D eigenvalue weighted by molar-refractivity contribution is -0.117. The monoisotopic (exact) mass is 300 g/mol. The van der Waals surface area contributed by atoms with E-state index in [1.54, 1.807) is 0 Å². The van der Waals surface area contributed by atoms with Gasteiger partial charge in [0.15, 0.2) is 0 Å². The maximum absolute atomic E-state index is 11.9. The number of amides is 1. The minimum Gasteiger partial charge on any atom is -0.433 e. The molecule has 1 aromatic rings. The van der Waals surface area contributed by atoms with E-state index in [4.69, 9.17) is 17.3 Å². The Balaban J connectivity index is 0.00000289. The number of benzene rings is 1. The Bertz CT molecular complexity index is 417. The van der Waals surface area contributed by atoms with Gasteiger partial charge in [0.2, 0.25) is 5.91 Å². The van der Waals surface area contributed by atoms with Gasteiger partial charge in [-0.15, -0.1) is 12.4 Å².